The van der Waals surface area contributed by atoms with Gasteiger partial charge in [-0.1, -0.05) is 29.8 Å². The lowest BCUT2D eigenvalue weighted by Gasteiger charge is -2.28. The van der Waals surface area contributed by atoms with Crippen LogP contribution in [-0.2, 0) is 0 Å². The van der Waals surface area contributed by atoms with Crippen LogP contribution in [0.25, 0.3) is 0 Å². The molecule has 0 radical (unpaired) electrons. The molecule has 1 amide bonds. The minimum Gasteiger partial charge on any atom is -0.352 e. The molecule has 25 heavy (non-hydrogen) atoms. The lowest BCUT2D eigenvalue weighted by Crippen LogP contribution is -2.31. The number of hydrogen-bond donors (Lipinski definition) is 1. The predicted octanol–water partition coefficient (Wildman–Crippen LogP) is 4.49. The van der Waals surface area contributed by atoms with Crippen LogP contribution in [0.3, 0.4) is 0 Å². The second-order valence-corrected chi connectivity index (χ2v) is 6.40. The van der Waals surface area contributed by atoms with Crippen LogP contribution in [0, 0.1) is 0 Å². The van der Waals surface area contributed by atoms with E-state index < -0.39 is 5.92 Å². The number of rotatable bonds is 4. The predicted molar refractivity (Wildman–Crippen MR) is 96.6 cm³/mol. The number of nitrogens with one attached hydrogen (secondary N) is 1. The van der Waals surface area contributed by atoms with Gasteiger partial charge in [-0.3, -0.25) is 9.80 Å². The summed E-state index contributed by atoms with van der Waals surface area (Å²) in [5.74, 6) is -3.43. The molecule has 1 aliphatic rings. The molecule has 1 heterocycles. The molecule has 1 aromatic rings. The first-order valence-electron chi connectivity index (χ1n) is 7.45. The van der Waals surface area contributed by atoms with Gasteiger partial charge in [-0.05, 0) is 30.7 Å². The molecule has 1 aliphatic heterocycles. The number of amides is 1. The zero-order valence-electron chi connectivity index (χ0n) is 14.0. The summed E-state index contributed by atoms with van der Waals surface area (Å²) in [6.45, 7) is 6.78. The van der Waals surface area contributed by atoms with Gasteiger partial charge in [0.25, 0.3) is 11.8 Å². The van der Waals surface area contributed by atoms with Crippen LogP contribution in [0.5, 0.6) is 0 Å². The molecule has 2 rings (SSSR count). The first-order valence-corrected chi connectivity index (χ1v) is 8.21. The third-order valence-electron chi connectivity index (χ3n) is 3.56. The van der Waals surface area contributed by atoms with Gasteiger partial charge in [0, 0.05) is 26.1 Å². The molecule has 0 fully saturated rings. The summed E-state index contributed by atoms with van der Waals surface area (Å²) in [6.07, 6.45) is 1.25. The maximum Gasteiger partial charge on any atom is 0.286 e. The normalized spacial score (nSPS) is 15.0. The molecule has 0 saturated heterocycles. The molecule has 0 atom stereocenters. The Hall–Kier alpha value is -1.92. The van der Waals surface area contributed by atoms with E-state index in [1.807, 2.05) is 0 Å². The number of hydrazone groups is 1. The summed E-state index contributed by atoms with van der Waals surface area (Å²) in [7, 11) is 1.41. The number of halogens is 4. The van der Waals surface area contributed by atoms with E-state index in [0.717, 1.165) is 11.9 Å². The number of nitrogens with zero attached hydrogens (tertiary/aromatic N) is 2. The van der Waals surface area contributed by atoms with Crippen molar-refractivity contribution in [3.63, 3.8) is 0 Å². The quantitative estimate of drug-likeness (QED) is 0.826. The Balaban J connectivity index is 2.51. The van der Waals surface area contributed by atoms with Crippen molar-refractivity contribution in [1.82, 2.24) is 10.3 Å². The van der Waals surface area contributed by atoms with E-state index >= 15 is 0 Å². The minimum absolute atomic E-state index is 0.186. The zero-order chi connectivity index (χ0) is 18.9. The van der Waals surface area contributed by atoms with Gasteiger partial charge in [-0.2, -0.15) is 13.9 Å². The van der Waals surface area contributed by atoms with Crippen LogP contribution < -0.4 is 5.32 Å². The monoisotopic (exact) mass is 387 g/mol. The average Bonchev–Trinajstić information content (AvgIpc) is 2.48. The van der Waals surface area contributed by atoms with Crippen molar-refractivity contribution in [3.8, 4) is 0 Å². The van der Waals surface area contributed by atoms with Gasteiger partial charge < -0.3 is 5.32 Å². The average molecular weight is 388 g/mol. The van der Waals surface area contributed by atoms with Crippen LogP contribution >= 0.6 is 23.2 Å². The molecule has 134 valence electrons. The fraction of sp³-hybridized carbons (Fsp3) is 0.294. The van der Waals surface area contributed by atoms with Crippen LogP contribution in [0.15, 0.2) is 41.2 Å². The fourth-order valence-electron chi connectivity index (χ4n) is 2.39. The number of hydrogen-bond acceptors (Lipinski definition) is 3. The lowest BCUT2D eigenvalue weighted by molar-refractivity contribution is 0.0346. The van der Waals surface area contributed by atoms with Gasteiger partial charge in [0.15, 0.2) is 0 Å². The van der Waals surface area contributed by atoms with Crippen molar-refractivity contribution >= 4 is 34.8 Å². The van der Waals surface area contributed by atoms with Crippen molar-refractivity contribution in [2.75, 3.05) is 13.6 Å². The Morgan fingerprint density at radius 1 is 1.36 bits per heavy atom. The van der Waals surface area contributed by atoms with Crippen LogP contribution in [0.2, 0.25) is 10.0 Å². The fourth-order valence-corrected chi connectivity index (χ4v) is 2.95. The molecule has 0 aliphatic carbocycles. The third-order valence-corrected chi connectivity index (χ3v) is 4.18. The highest BCUT2D eigenvalue weighted by Gasteiger charge is 2.34. The smallest absolute Gasteiger partial charge is 0.286 e. The Bertz CT molecular complexity index is 798. The van der Waals surface area contributed by atoms with Gasteiger partial charge >= 0.3 is 0 Å². The van der Waals surface area contributed by atoms with Crippen molar-refractivity contribution in [2.24, 2.45) is 5.10 Å². The Morgan fingerprint density at radius 3 is 2.56 bits per heavy atom. The first-order chi connectivity index (χ1) is 11.6. The third kappa shape index (κ3) is 4.02. The Labute approximate surface area is 154 Å². The highest BCUT2D eigenvalue weighted by atomic mass is 35.5. The van der Waals surface area contributed by atoms with E-state index in [4.69, 9.17) is 23.2 Å². The molecule has 0 spiro atoms. The van der Waals surface area contributed by atoms with Gasteiger partial charge in [0.05, 0.1) is 21.3 Å². The van der Waals surface area contributed by atoms with Crippen molar-refractivity contribution in [1.29, 1.82) is 0 Å². The molecule has 0 unspecified atom stereocenters. The summed E-state index contributed by atoms with van der Waals surface area (Å²) in [5.41, 5.74) is 0.884. The van der Waals surface area contributed by atoms with E-state index in [-0.39, 0.29) is 32.8 Å². The molecular weight excluding hydrogens is 371 g/mol. The van der Waals surface area contributed by atoms with Gasteiger partial charge in [0.2, 0.25) is 0 Å². The lowest BCUT2D eigenvalue weighted by atomic mass is 9.98. The topological polar surface area (TPSA) is 44.7 Å². The molecule has 4 nitrogen and oxygen atoms in total. The number of carbonyl (C=O) groups excluding carboxylic acids is 1. The SMILES string of the molecule is C=C1C=C(C(C)(F)F)N(C)N=C1c1cc(C(=O)NCC)c(Cl)cc1Cl. The van der Waals surface area contributed by atoms with Gasteiger partial charge in [0.1, 0.15) is 5.70 Å². The number of carbonyl (C=O) groups is 1. The van der Waals surface area contributed by atoms with Crippen molar-refractivity contribution in [2.45, 2.75) is 19.8 Å². The summed E-state index contributed by atoms with van der Waals surface area (Å²) in [5, 5.41) is 8.31. The van der Waals surface area contributed by atoms with Crippen molar-refractivity contribution in [3.05, 3.63) is 57.2 Å². The summed E-state index contributed by atoms with van der Waals surface area (Å²) < 4.78 is 27.3. The van der Waals surface area contributed by atoms with E-state index in [0.29, 0.717) is 17.8 Å². The Kier molecular flexibility index (Phi) is 5.54. The highest BCUT2D eigenvalue weighted by molar-refractivity contribution is 6.39. The summed E-state index contributed by atoms with van der Waals surface area (Å²) >= 11 is 12.3. The van der Waals surface area contributed by atoms with E-state index in [1.165, 1.54) is 25.3 Å². The van der Waals surface area contributed by atoms with Crippen LogP contribution in [-0.4, -0.2) is 36.1 Å². The molecule has 8 heteroatoms. The van der Waals surface area contributed by atoms with E-state index in [9.17, 15) is 13.6 Å². The molecule has 1 N–H and O–H groups in total. The molecule has 0 bridgehead atoms. The van der Waals surface area contributed by atoms with Gasteiger partial charge in [-0.15, -0.1) is 0 Å². The second kappa shape index (κ2) is 7.14. The maximum absolute atomic E-state index is 13.6. The second-order valence-electron chi connectivity index (χ2n) is 5.59. The number of benzene rings is 1. The van der Waals surface area contributed by atoms with E-state index in [1.54, 1.807) is 6.92 Å². The van der Waals surface area contributed by atoms with Gasteiger partial charge in [-0.25, -0.2) is 0 Å². The molecular formula is C17H17Cl2F2N3O. The maximum atomic E-state index is 13.6. The number of alkyl halides is 2. The minimum atomic E-state index is -3.07. The van der Waals surface area contributed by atoms with E-state index in [2.05, 4.69) is 17.0 Å². The standard InChI is InChI=1S/C17H17Cl2F2N3O/c1-5-22-16(25)11-7-10(12(18)8-13(11)19)15-9(2)6-14(17(3,20)21)24(4)23-15/h6-8H,2,5H2,1,3-4H3,(H,22,25). The summed E-state index contributed by atoms with van der Waals surface area (Å²) in [6, 6.07) is 2.91. The zero-order valence-corrected chi connectivity index (χ0v) is 15.5. The van der Waals surface area contributed by atoms with Crippen LogP contribution in [0.4, 0.5) is 8.78 Å². The van der Waals surface area contributed by atoms with Crippen LogP contribution in [0.1, 0.15) is 29.8 Å². The largest absolute Gasteiger partial charge is 0.352 e. The molecule has 0 saturated carbocycles. The number of allylic oxidation sites excluding steroid dienone is 3. The molecule has 0 aromatic heterocycles. The Morgan fingerprint density at radius 2 is 2.00 bits per heavy atom. The highest BCUT2D eigenvalue weighted by Crippen LogP contribution is 2.33. The summed E-state index contributed by atoms with van der Waals surface area (Å²) in [4.78, 5) is 12.1. The molecule has 1 aromatic carbocycles. The first kappa shape index (κ1) is 19.4. The van der Waals surface area contributed by atoms with Crippen molar-refractivity contribution < 1.29 is 13.6 Å².